The van der Waals surface area contributed by atoms with Gasteiger partial charge in [0.25, 0.3) is 0 Å². The van der Waals surface area contributed by atoms with E-state index in [2.05, 4.69) is 19.2 Å². The van der Waals surface area contributed by atoms with Crippen molar-refractivity contribution in [3.8, 4) is 0 Å². The lowest BCUT2D eigenvalue weighted by Crippen LogP contribution is -2.45. The molecule has 0 aromatic heterocycles. The highest BCUT2D eigenvalue weighted by Crippen LogP contribution is 2.19. The zero-order valence-corrected chi connectivity index (χ0v) is 51.1. The summed E-state index contributed by atoms with van der Waals surface area (Å²) < 4.78 is 5.51. The molecule has 3 N–H and O–H groups in total. The fourth-order valence-electron chi connectivity index (χ4n) is 11.1. The molecular weight excluding hydrogens is 923 g/mol. The molecule has 0 radical (unpaired) electrons. The second-order valence-electron chi connectivity index (χ2n) is 23.9. The Kier molecular flexibility index (Phi) is 63.9. The maximum absolute atomic E-state index is 12.5. The lowest BCUT2D eigenvalue weighted by molar-refractivity contribution is -0.143. The summed E-state index contributed by atoms with van der Waals surface area (Å²) >= 11 is 0. The molecule has 0 aromatic rings. The Morgan fingerprint density at radius 1 is 0.360 bits per heavy atom. The van der Waals surface area contributed by atoms with Crippen LogP contribution in [0.1, 0.15) is 393 Å². The summed E-state index contributed by atoms with van der Waals surface area (Å²) in [7, 11) is 0. The first-order valence-electron chi connectivity index (χ1n) is 34.5. The Hall–Kier alpha value is -1.40. The van der Waals surface area contributed by atoms with Gasteiger partial charge in [-0.25, -0.2) is 0 Å². The second kappa shape index (κ2) is 65.1. The maximum Gasteiger partial charge on any atom is 0.305 e. The minimum atomic E-state index is -0.844. The first-order chi connectivity index (χ1) is 37.0. The molecule has 0 aromatic carbocycles. The number of aliphatic hydroxyl groups excluding tert-OH is 2. The third kappa shape index (κ3) is 61.7. The molecule has 0 spiro atoms. The van der Waals surface area contributed by atoms with Crippen LogP contribution in [0.4, 0.5) is 0 Å². The average Bonchev–Trinajstić information content (AvgIpc) is 3.41. The van der Waals surface area contributed by atoms with Crippen LogP contribution < -0.4 is 5.32 Å². The van der Waals surface area contributed by atoms with E-state index in [0.717, 1.165) is 38.5 Å². The van der Waals surface area contributed by atoms with Gasteiger partial charge in [-0.05, 0) is 32.1 Å². The number of unbranched alkanes of at least 4 members (excludes halogenated alkanes) is 54. The number of rotatable bonds is 65. The van der Waals surface area contributed by atoms with E-state index in [1.165, 1.54) is 327 Å². The van der Waals surface area contributed by atoms with Crippen molar-refractivity contribution in [2.75, 3.05) is 13.2 Å². The molecular formula is C69H135NO5. The van der Waals surface area contributed by atoms with Crippen molar-refractivity contribution in [3.05, 3.63) is 12.2 Å². The lowest BCUT2D eigenvalue weighted by Gasteiger charge is -2.20. The molecule has 0 fully saturated rings. The van der Waals surface area contributed by atoms with Crippen molar-refractivity contribution in [1.29, 1.82) is 0 Å². The summed E-state index contributed by atoms with van der Waals surface area (Å²) in [6, 6.07) is -0.628. The van der Waals surface area contributed by atoms with Crippen LogP contribution in [0.15, 0.2) is 12.2 Å². The van der Waals surface area contributed by atoms with Crippen molar-refractivity contribution in [3.63, 3.8) is 0 Å². The summed E-state index contributed by atoms with van der Waals surface area (Å²) in [4.78, 5) is 24.6. The monoisotopic (exact) mass is 1060 g/mol. The summed E-state index contributed by atoms with van der Waals surface area (Å²) in [6.45, 7) is 4.95. The first-order valence-corrected chi connectivity index (χ1v) is 34.5. The van der Waals surface area contributed by atoms with Gasteiger partial charge in [0.05, 0.1) is 25.4 Å². The molecule has 2 unspecified atom stereocenters. The summed E-state index contributed by atoms with van der Waals surface area (Å²) in [6.07, 6.45) is 79.9. The summed E-state index contributed by atoms with van der Waals surface area (Å²) in [5, 5.41) is 23.2. The van der Waals surface area contributed by atoms with Crippen molar-refractivity contribution < 1.29 is 24.5 Å². The van der Waals surface area contributed by atoms with Crippen molar-refractivity contribution in [2.45, 2.75) is 405 Å². The quantitative estimate of drug-likeness (QED) is 0.0320. The highest BCUT2D eigenvalue weighted by atomic mass is 16.5. The molecule has 0 saturated heterocycles. The number of carbonyl (C=O) groups excluding carboxylic acids is 2. The molecule has 0 saturated carbocycles. The maximum atomic E-state index is 12.5. The van der Waals surface area contributed by atoms with E-state index >= 15 is 0 Å². The molecule has 2 atom stereocenters. The average molecular weight is 1060 g/mol. The largest absolute Gasteiger partial charge is 0.466 e. The molecule has 0 aliphatic heterocycles. The van der Waals surface area contributed by atoms with Gasteiger partial charge in [0.1, 0.15) is 0 Å². The van der Waals surface area contributed by atoms with Crippen LogP contribution in [0.25, 0.3) is 0 Å². The molecule has 0 heterocycles. The summed E-state index contributed by atoms with van der Waals surface area (Å²) in [5.74, 6) is -0.0460. The van der Waals surface area contributed by atoms with E-state index in [4.69, 9.17) is 4.74 Å². The van der Waals surface area contributed by atoms with Gasteiger partial charge in [-0.2, -0.15) is 0 Å². The number of esters is 1. The van der Waals surface area contributed by atoms with Gasteiger partial charge in [-0.1, -0.05) is 360 Å². The topological polar surface area (TPSA) is 95.9 Å². The number of aliphatic hydroxyl groups is 2. The van der Waals surface area contributed by atoms with Gasteiger partial charge in [0.2, 0.25) is 5.91 Å². The third-order valence-corrected chi connectivity index (χ3v) is 16.3. The van der Waals surface area contributed by atoms with E-state index in [1.807, 2.05) is 6.08 Å². The summed E-state index contributed by atoms with van der Waals surface area (Å²) in [5.41, 5.74) is 0. The minimum Gasteiger partial charge on any atom is -0.466 e. The number of nitrogens with one attached hydrogen (secondary N) is 1. The number of allylic oxidation sites excluding steroid dienone is 1. The molecule has 0 aliphatic rings. The zero-order valence-electron chi connectivity index (χ0n) is 51.1. The number of carbonyl (C=O) groups is 2. The third-order valence-electron chi connectivity index (χ3n) is 16.3. The second-order valence-corrected chi connectivity index (χ2v) is 23.9. The Labute approximate surface area is 469 Å². The van der Waals surface area contributed by atoms with Crippen LogP contribution in [0.3, 0.4) is 0 Å². The molecule has 446 valence electrons. The van der Waals surface area contributed by atoms with Crippen LogP contribution in [0.5, 0.6) is 0 Å². The lowest BCUT2D eigenvalue weighted by atomic mass is 10.0. The van der Waals surface area contributed by atoms with E-state index in [0.29, 0.717) is 19.4 Å². The Morgan fingerprint density at radius 3 is 0.907 bits per heavy atom. The number of amides is 1. The number of hydrogen-bond donors (Lipinski definition) is 3. The van der Waals surface area contributed by atoms with Gasteiger partial charge >= 0.3 is 5.97 Å². The van der Waals surface area contributed by atoms with E-state index in [9.17, 15) is 19.8 Å². The van der Waals surface area contributed by atoms with Gasteiger partial charge in [0, 0.05) is 12.8 Å². The zero-order chi connectivity index (χ0) is 54.3. The van der Waals surface area contributed by atoms with Crippen LogP contribution in [-0.2, 0) is 14.3 Å². The molecule has 0 bridgehead atoms. The molecule has 1 amide bonds. The van der Waals surface area contributed by atoms with Gasteiger partial charge in [-0.3, -0.25) is 9.59 Å². The number of ether oxygens (including phenoxy) is 1. The fourth-order valence-corrected chi connectivity index (χ4v) is 11.1. The van der Waals surface area contributed by atoms with Crippen LogP contribution in [0.2, 0.25) is 0 Å². The van der Waals surface area contributed by atoms with E-state index in [1.54, 1.807) is 6.08 Å². The van der Waals surface area contributed by atoms with Gasteiger partial charge in [-0.15, -0.1) is 0 Å². The van der Waals surface area contributed by atoms with Crippen molar-refractivity contribution in [2.24, 2.45) is 0 Å². The van der Waals surface area contributed by atoms with Gasteiger partial charge in [0.15, 0.2) is 0 Å². The Balaban J connectivity index is 3.37. The highest BCUT2D eigenvalue weighted by Gasteiger charge is 2.18. The van der Waals surface area contributed by atoms with Crippen molar-refractivity contribution >= 4 is 11.9 Å². The molecule has 6 heteroatoms. The van der Waals surface area contributed by atoms with E-state index in [-0.39, 0.29) is 18.5 Å². The molecule has 6 nitrogen and oxygen atoms in total. The first kappa shape index (κ1) is 73.6. The van der Waals surface area contributed by atoms with Crippen LogP contribution in [0, 0.1) is 0 Å². The Morgan fingerprint density at radius 2 is 0.613 bits per heavy atom. The predicted octanol–water partition coefficient (Wildman–Crippen LogP) is 22.0. The van der Waals surface area contributed by atoms with Gasteiger partial charge < -0.3 is 20.3 Å². The smallest absolute Gasteiger partial charge is 0.305 e. The Bertz CT molecular complexity index is 1130. The number of hydrogen-bond acceptors (Lipinski definition) is 5. The minimum absolute atomic E-state index is 0.0185. The highest BCUT2D eigenvalue weighted by molar-refractivity contribution is 5.76. The van der Waals surface area contributed by atoms with E-state index < -0.39 is 12.1 Å². The fraction of sp³-hybridized carbons (Fsp3) is 0.942. The predicted molar refractivity (Wildman–Crippen MR) is 329 cm³/mol. The molecule has 0 rings (SSSR count). The molecule has 75 heavy (non-hydrogen) atoms. The SMILES string of the molecule is CCCCCCCCCCCCCCCCC/C=C/C(O)C(CO)NC(=O)CCCCCCCCCCCCCCCCCCCCCCCCOC(=O)CCCCCCCCCCCCCCCCCCCCC. The van der Waals surface area contributed by atoms with Crippen LogP contribution >= 0.6 is 0 Å². The molecule has 0 aliphatic carbocycles. The van der Waals surface area contributed by atoms with Crippen molar-refractivity contribution in [1.82, 2.24) is 5.32 Å². The van der Waals surface area contributed by atoms with Crippen LogP contribution in [-0.4, -0.2) is 47.4 Å². The normalized spacial score (nSPS) is 12.5. The standard InChI is InChI=1S/C69H135NO5/c1-3-5-7-9-11-13-15-17-19-21-26-31-35-39-43-47-51-55-59-63-69(74)75-64-60-56-52-48-44-40-36-32-28-25-23-22-24-27-30-34-38-42-46-50-54-58-62-68(73)70-66(65-71)67(72)61-57-53-49-45-41-37-33-29-20-18-16-14-12-10-8-6-4-2/h57,61,66-67,71-72H,3-56,58-60,62-65H2,1-2H3,(H,70,73)/b61-57+.